The summed E-state index contributed by atoms with van der Waals surface area (Å²) in [5, 5.41) is 26.7. The molecule has 4 N–H and O–H groups in total. The van der Waals surface area contributed by atoms with E-state index in [1.54, 1.807) is 61.5 Å². The number of rotatable bonds is 19. The molecule has 13 atom stereocenters. The lowest BCUT2D eigenvalue weighted by molar-refractivity contribution is -0.148. The molecule has 21 heteroatoms. The van der Waals surface area contributed by atoms with E-state index in [4.69, 9.17) is 4.74 Å². The van der Waals surface area contributed by atoms with Crippen LogP contribution >= 0.6 is 0 Å². The second kappa shape index (κ2) is 38.0. The molecule has 21 nitrogen and oxygen atoms in total. The number of carboxylic acid groups (broad SMARTS) is 1. The Morgan fingerprint density at radius 1 is 0.598 bits per heavy atom. The molecule has 1 fully saturated rings. The zero-order valence-corrected chi connectivity index (χ0v) is 56.4. The lowest BCUT2D eigenvalue weighted by Gasteiger charge is -2.36. The Kier molecular flexibility index (Phi) is 34.6. The largest absolute Gasteiger partial charge is 0.481 e. The SMILES string of the molecule is C/C=C/C[C@@H](C)[C@@H](O)[C@@H]1CC(=O)[C@H](C(C)C)N(C)C(=O)[C@H](CC(C)C)CC(=O)[C@H](CC(C)C)N(C)C(=O)[C@@H](C)NC(=O)[C@H](C)CC(=O)[C@H](CC(C)C)N(C)C(=O)[C@H](C(C)C)CC(=O)[C@H]([C@@H](C)OCCCC(=O)O)N(C)C(=O)CCC(=O)[C@H](CC)NC1=O. The molecule has 0 saturated carbocycles. The third-order valence-electron chi connectivity index (χ3n) is 17.0. The van der Waals surface area contributed by atoms with E-state index in [1.165, 1.54) is 56.7 Å². The number of likely N-dealkylation sites (N-methyl/N-ethyl adjacent to an activating group) is 4. The molecule has 0 unspecified atom stereocenters. The number of aliphatic carboxylic acids is 1. The number of carbonyl (C=O) groups excluding carboxylic acids is 11. The number of ketones is 5. The summed E-state index contributed by atoms with van der Waals surface area (Å²) in [6.07, 6.45) is -0.319. The molecular weight excluding hydrogens is 1120 g/mol. The van der Waals surface area contributed by atoms with Crippen molar-refractivity contribution in [2.45, 2.75) is 243 Å². The van der Waals surface area contributed by atoms with Gasteiger partial charge in [-0.25, -0.2) is 0 Å². The summed E-state index contributed by atoms with van der Waals surface area (Å²) in [6, 6.07) is -6.88. The normalized spacial score (nSPS) is 26.9. The number of ether oxygens (including phenoxy) is 1. The van der Waals surface area contributed by atoms with Crippen LogP contribution in [-0.2, 0) is 62.3 Å². The number of carboxylic acids is 1. The molecule has 1 rings (SSSR count). The van der Waals surface area contributed by atoms with Crippen molar-refractivity contribution >= 4 is 70.3 Å². The molecule has 1 aliphatic rings. The van der Waals surface area contributed by atoms with Crippen molar-refractivity contribution in [2.24, 2.45) is 59.2 Å². The van der Waals surface area contributed by atoms with Crippen LogP contribution in [0.4, 0.5) is 0 Å². The van der Waals surface area contributed by atoms with Gasteiger partial charge in [-0.2, -0.15) is 0 Å². The summed E-state index contributed by atoms with van der Waals surface area (Å²) < 4.78 is 5.99. The third kappa shape index (κ3) is 25.0. The molecule has 0 aliphatic carbocycles. The number of nitrogens with one attached hydrogen (secondary N) is 2. The molecule has 0 aromatic heterocycles. The zero-order valence-electron chi connectivity index (χ0n) is 56.4. The van der Waals surface area contributed by atoms with E-state index < -0.39 is 186 Å². The van der Waals surface area contributed by atoms with Crippen LogP contribution in [0, 0.1) is 59.2 Å². The average molecular weight is 1230 g/mol. The number of hydrogen-bond donors (Lipinski definition) is 4. The van der Waals surface area contributed by atoms with E-state index in [2.05, 4.69) is 10.6 Å². The lowest BCUT2D eigenvalue weighted by atomic mass is 9.82. The van der Waals surface area contributed by atoms with Gasteiger partial charge in [0.1, 0.15) is 12.1 Å². The van der Waals surface area contributed by atoms with Crippen LogP contribution in [0.3, 0.4) is 0 Å². The van der Waals surface area contributed by atoms with Crippen LogP contribution in [0.15, 0.2) is 12.2 Å². The summed E-state index contributed by atoms with van der Waals surface area (Å²) in [7, 11) is 5.77. The van der Waals surface area contributed by atoms with Crippen LogP contribution in [-0.4, -0.2) is 183 Å². The van der Waals surface area contributed by atoms with Crippen molar-refractivity contribution in [3.8, 4) is 0 Å². The predicted octanol–water partition coefficient (Wildman–Crippen LogP) is 7.06. The van der Waals surface area contributed by atoms with E-state index in [1.807, 2.05) is 47.6 Å². The highest BCUT2D eigenvalue weighted by molar-refractivity contribution is 5.99. The molecule has 1 aliphatic heterocycles. The van der Waals surface area contributed by atoms with Gasteiger partial charge in [0, 0.05) is 97.5 Å². The number of aliphatic hydroxyl groups excluding tert-OH is 1. The summed E-state index contributed by atoms with van der Waals surface area (Å²) >= 11 is 0. The first-order valence-electron chi connectivity index (χ1n) is 31.8. The average Bonchev–Trinajstić information content (AvgIpc) is 3.32. The number of aliphatic hydroxyl groups is 1. The van der Waals surface area contributed by atoms with E-state index in [0.29, 0.717) is 6.42 Å². The Hall–Kier alpha value is -5.70. The third-order valence-corrected chi connectivity index (χ3v) is 17.0. The highest BCUT2D eigenvalue weighted by atomic mass is 16.5. The highest BCUT2D eigenvalue weighted by Crippen LogP contribution is 2.30. The van der Waals surface area contributed by atoms with Crippen LogP contribution in [0.1, 0.15) is 194 Å². The standard InChI is InChI=1S/C66H112N6O15/c1-21-23-25-42(13)61(81)48-36-55(76)59(41(11)12)72(20)65(85)46(30-37(3)4)34-54(75)51(32-39(7)8)69(17)64(84)44(15)67-62(82)43(14)33-53(74)50(31-38(5)6)70(18)66(86)47(40(9)10)35-56(77)60(45(16)87-29-24-26-58(79)80)71(19)57(78)28-27-52(73)49(22-2)68-63(48)83/h21,23,37-51,59-61,81H,22,24-36H2,1-20H3,(H,67,82)(H,68,83)(H,79,80)/b23-21+/t42-,43-,44-,45-,46-,47+,48+,49+,50+,51+,59+,60+,61-/m1/s1. The topological polar surface area (TPSA) is 292 Å². The molecule has 496 valence electrons. The maximum atomic E-state index is 14.9. The summed E-state index contributed by atoms with van der Waals surface area (Å²) in [5.74, 6) is -13.5. The molecule has 87 heavy (non-hydrogen) atoms. The van der Waals surface area contributed by atoms with Crippen LogP contribution in [0.2, 0.25) is 0 Å². The highest BCUT2D eigenvalue weighted by Gasteiger charge is 2.43. The van der Waals surface area contributed by atoms with Gasteiger partial charge >= 0.3 is 5.97 Å². The summed E-state index contributed by atoms with van der Waals surface area (Å²) in [5.41, 5.74) is 0. The fourth-order valence-corrected chi connectivity index (χ4v) is 11.7. The van der Waals surface area contributed by atoms with E-state index in [9.17, 15) is 67.7 Å². The van der Waals surface area contributed by atoms with Crippen molar-refractivity contribution in [3.63, 3.8) is 0 Å². The minimum atomic E-state index is -1.41. The Morgan fingerprint density at radius 2 is 1.11 bits per heavy atom. The predicted molar refractivity (Wildman–Crippen MR) is 333 cm³/mol. The molecular formula is C66H112N6O15. The van der Waals surface area contributed by atoms with Crippen LogP contribution in [0.5, 0.6) is 0 Å². The summed E-state index contributed by atoms with van der Waals surface area (Å²) in [4.78, 5) is 176. The monoisotopic (exact) mass is 1230 g/mol. The van der Waals surface area contributed by atoms with E-state index >= 15 is 0 Å². The first-order chi connectivity index (χ1) is 40.4. The Labute approximate surface area is 520 Å². The second-order valence-electron chi connectivity index (χ2n) is 26.7. The van der Waals surface area contributed by atoms with Gasteiger partial charge < -0.3 is 45.2 Å². The van der Waals surface area contributed by atoms with Crippen molar-refractivity contribution in [1.82, 2.24) is 30.2 Å². The Balaban J connectivity index is 4.23. The van der Waals surface area contributed by atoms with Gasteiger partial charge in [0.05, 0.1) is 42.3 Å². The van der Waals surface area contributed by atoms with Gasteiger partial charge in [0.15, 0.2) is 28.9 Å². The fourth-order valence-electron chi connectivity index (χ4n) is 11.7. The lowest BCUT2D eigenvalue weighted by Crippen LogP contribution is -2.53. The van der Waals surface area contributed by atoms with Crippen molar-refractivity contribution < 1.29 is 72.5 Å². The van der Waals surface area contributed by atoms with Crippen molar-refractivity contribution in [1.29, 1.82) is 0 Å². The van der Waals surface area contributed by atoms with Crippen LogP contribution < -0.4 is 10.6 Å². The molecule has 6 amide bonds. The molecule has 1 saturated heterocycles. The first kappa shape index (κ1) is 79.3. The first-order valence-corrected chi connectivity index (χ1v) is 31.8. The number of Topliss-reactive ketones (excluding diaryl/α,β-unsaturated/α-hetero) is 5. The van der Waals surface area contributed by atoms with Gasteiger partial charge in [-0.3, -0.25) is 57.5 Å². The quantitative estimate of drug-likeness (QED) is 0.0743. The molecule has 0 bridgehead atoms. The number of amides is 6. The fraction of sp³-hybridized carbons (Fsp3) is 0.788. The minimum Gasteiger partial charge on any atom is -0.481 e. The van der Waals surface area contributed by atoms with Crippen molar-refractivity contribution in [3.05, 3.63) is 12.2 Å². The number of nitrogens with zero attached hydrogens (tertiary/aromatic N) is 4. The van der Waals surface area contributed by atoms with Gasteiger partial charge in [-0.1, -0.05) is 102 Å². The van der Waals surface area contributed by atoms with Gasteiger partial charge in [0.2, 0.25) is 35.4 Å². The number of hydrogen-bond acceptors (Lipinski definition) is 14. The zero-order chi connectivity index (χ0) is 67.1. The minimum absolute atomic E-state index is 0.0569. The van der Waals surface area contributed by atoms with E-state index in [-0.39, 0.29) is 75.7 Å². The second-order valence-corrected chi connectivity index (χ2v) is 26.7. The maximum absolute atomic E-state index is 14.9. The van der Waals surface area contributed by atoms with Crippen LogP contribution in [0.25, 0.3) is 0 Å². The number of carbonyl (C=O) groups is 12. The molecule has 0 spiro atoms. The van der Waals surface area contributed by atoms with E-state index in [0.717, 1.165) is 4.90 Å². The molecule has 1 heterocycles. The molecule has 0 aromatic carbocycles. The molecule has 0 aromatic rings. The van der Waals surface area contributed by atoms with Gasteiger partial charge in [0.25, 0.3) is 0 Å². The van der Waals surface area contributed by atoms with Gasteiger partial charge in [-0.05, 0) is 94.8 Å². The summed E-state index contributed by atoms with van der Waals surface area (Å²) in [6.45, 7) is 27.9. The maximum Gasteiger partial charge on any atom is 0.303 e. The number of allylic oxidation sites excluding steroid dienone is 2. The Bertz CT molecular complexity index is 2370. The smallest absolute Gasteiger partial charge is 0.303 e. The molecule has 0 radical (unpaired) electrons. The van der Waals surface area contributed by atoms with Gasteiger partial charge in [-0.15, -0.1) is 0 Å². The van der Waals surface area contributed by atoms with Crippen molar-refractivity contribution in [2.75, 3.05) is 34.8 Å². The Morgan fingerprint density at radius 3 is 1.61 bits per heavy atom.